The Bertz CT molecular complexity index is 3390. The predicted molar refractivity (Wildman–Crippen MR) is 323 cm³/mol. The zero-order valence-corrected chi connectivity index (χ0v) is 50.3. The molecule has 0 spiro atoms. The van der Waals surface area contributed by atoms with Gasteiger partial charge in [0.25, 0.3) is 0 Å². The molecule has 0 saturated carbocycles. The van der Waals surface area contributed by atoms with Crippen molar-refractivity contribution in [2.24, 2.45) is 10.7 Å². The second kappa shape index (κ2) is 26.1. The summed E-state index contributed by atoms with van der Waals surface area (Å²) in [5.41, 5.74) is 15.1. The lowest BCUT2D eigenvalue weighted by Crippen LogP contribution is -2.35. The first-order valence-corrected chi connectivity index (χ1v) is 29.4. The van der Waals surface area contributed by atoms with E-state index in [9.17, 15) is 14.4 Å². The number of amides is 1. The molecule has 2 fully saturated rings. The Morgan fingerprint density at radius 2 is 1.37 bits per heavy atom. The molecule has 19 heteroatoms. The molecule has 0 radical (unpaired) electrons. The van der Waals surface area contributed by atoms with Crippen LogP contribution in [0.4, 0.5) is 10.7 Å². The van der Waals surface area contributed by atoms with Gasteiger partial charge >= 0.3 is 6.09 Å². The van der Waals surface area contributed by atoms with Crippen molar-refractivity contribution >= 4 is 52.5 Å². The van der Waals surface area contributed by atoms with E-state index in [1.165, 1.54) is 28.9 Å². The van der Waals surface area contributed by atoms with Crippen molar-refractivity contribution in [3.63, 3.8) is 0 Å². The third kappa shape index (κ3) is 16.6. The highest BCUT2D eigenvalue weighted by Gasteiger charge is 2.31. The molecule has 2 aliphatic heterocycles. The first-order chi connectivity index (χ1) is 38.5. The van der Waals surface area contributed by atoms with Crippen LogP contribution in [-0.4, -0.2) is 106 Å². The number of nitrogens with one attached hydrogen (secondary N) is 2. The van der Waals surface area contributed by atoms with Gasteiger partial charge in [-0.05, 0) is 119 Å². The summed E-state index contributed by atoms with van der Waals surface area (Å²) >= 11 is 3.00. The van der Waals surface area contributed by atoms with Gasteiger partial charge in [-0.2, -0.15) is 5.10 Å². The first kappa shape index (κ1) is 59.8. The molecule has 81 heavy (non-hydrogen) atoms. The molecule has 7 aromatic rings. The standard InChI is InChI=1S/C34H42N6O3S.C28H35N7OS/c1-22-16-25(9-8-24(22)10-11-28(41)29-19-36-31(44-29)33(2,3)4)27-12-14-35-30(38-27)17-23-18-37-40(20-23)26-13-15-39(21-26)32(42)43-34(5,6)7;1-18-13-20(6-5-19(18)7-8-24(36)25-17-33-26(37-25)28(2,3)4)23-10-12-31-27(35-23)34-22(14-29)16-32-21-9-11-30-15-21/h8-9,12,14,16,18-20,26H,10-11,13,15,17,21H2,1-7H3;5-6,10,12-14,16-17,21,30H,7-9,11,15,29H2,1-4H3,(H,31,34,35)/t26-;21-/m11/s1. The van der Waals surface area contributed by atoms with Crippen molar-refractivity contribution < 1.29 is 19.1 Å². The minimum atomic E-state index is -0.511. The zero-order valence-electron chi connectivity index (χ0n) is 48.7. The number of hydrogen-bond donors (Lipinski definition) is 3. The van der Waals surface area contributed by atoms with Crippen LogP contribution in [0.1, 0.15) is 157 Å². The Labute approximate surface area is 484 Å². The number of aliphatic imine (C=N–C) groups is 1. The Morgan fingerprint density at radius 3 is 1.90 bits per heavy atom. The average molecular weight is 1130 g/mol. The summed E-state index contributed by atoms with van der Waals surface area (Å²) in [7, 11) is 0. The number of nitrogens with two attached hydrogens (primary N) is 1. The second-order valence-electron chi connectivity index (χ2n) is 23.9. The molecule has 0 unspecified atom stereocenters. The van der Waals surface area contributed by atoms with E-state index >= 15 is 0 Å². The van der Waals surface area contributed by atoms with Gasteiger partial charge in [-0.1, -0.05) is 65.8 Å². The number of ether oxygens (including phenoxy) is 1. The molecule has 17 nitrogen and oxygen atoms in total. The van der Waals surface area contributed by atoms with Crippen LogP contribution in [0.25, 0.3) is 22.5 Å². The molecule has 2 atom stereocenters. The maximum absolute atomic E-state index is 12.8. The summed E-state index contributed by atoms with van der Waals surface area (Å²) in [6.07, 6.45) is 18.5. The van der Waals surface area contributed by atoms with Gasteiger partial charge in [0, 0.05) is 104 Å². The van der Waals surface area contributed by atoms with Crippen LogP contribution >= 0.6 is 22.7 Å². The van der Waals surface area contributed by atoms with Crippen molar-refractivity contribution in [2.45, 2.75) is 150 Å². The predicted octanol–water partition coefficient (Wildman–Crippen LogP) is 11.7. The van der Waals surface area contributed by atoms with Gasteiger partial charge in [0.1, 0.15) is 11.4 Å². The molecule has 2 saturated heterocycles. The molecule has 4 N–H and O–H groups in total. The lowest BCUT2D eigenvalue weighted by molar-refractivity contribution is 0.0288. The number of hydrogen-bond acceptors (Lipinski definition) is 17. The summed E-state index contributed by atoms with van der Waals surface area (Å²) in [4.78, 5) is 73.1. The normalized spacial score (nSPS) is 15.9. The molecule has 5 aromatic heterocycles. The van der Waals surface area contributed by atoms with Crippen LogP contribution in [0.5, 0.6) is 0 Å². The smallest absolute Gasteiger partial charge is 0.410 e. The molecule has 0 bridgehead atoms. The molecule has 2 aliphatic rings. The highest BCUT2D eigenvalue weighted by molar-refractivity contribution is 7.14. The molecule has 9 rings (SSSR count). The molecule has 1 amide bonds. The Hall–Kier alpha value is -7.35. The topological polar surface area (TPSA) is 221 Å². The van der Waals surface area contributed by atoms with E-state index < -0.39 is 5.60 Å². The minimum absolute atomic E-state index is 0.0467. The van der Waals surface area contributed by atoms with Crippen molar-refractivity contribution in [3.05, 3.63) is 151 Å². The van der Waals surface area contributed by atoms with Crippen molar-refractivity contribution in [1.29, 1.82) is 0 Å². The third-order valence-electron chi connectivity index (χ3n) is 13.8. The quantitative estimate of drug-likeness (QED) is 0.0570. The van der Waals surface area contributed by atoms with Gasteiger partial charge in [0.15, 0.2) is 11.6 Å². The van der Waals surface area contributed by atoms with Gasteiger partial charge in [0.05, 0.1) is 55.1 Å². The summed E-state index contributed by atoms with van der Waals surface area (Å²) < 4.78 is 7.46. The molecular formula is C62H77N13O4S2. The molecule has 7 heterocycles. The minimum Gasteiger partial charge on any atom is -0.444 e. The Kier molecular flexibility index (Phi) is 19.2. The molecule has 426 valence electrons. The number of carbonyl (C=O) groups excluding carboxylic acids is 3. The van der Waals surface area contributed by atoms with Gasteiger partial charge in [-0.15, -0.1) is 22.7 Å². The lowest BCUT2D eigenvalue weighted by atomic mass is 9.98. The number of aromatic nitrogens is 8. The summed E-state index contributed by atoms with van der Waals surface area (Å²) in [5.74, 6) is 1.45. The number of ketones is 2. The SMILES string of the molecule is Cc1cc(-c2ccnc(Cc3cnn([C@@H]4CCN(C(=O)OC(C)(C)C)C4)c3)n2)ccc1CCC(=O)c1cnc(C(C)(C)C)s1.Cc1cc(-c2ccnc(NC(C=N[C@@H]3CCNC3)=CN)n2)ccc1CCC(=O)c1cnc(C(C)(C)C)s1. The van der Waals surface area contributed by atoms with Crippen LogP contribution in [-0.2, 0) is 34.8 Å². The van der Waals surface area contributed by atoms with Crippen LogP contribution in [0.3, 0.4) is 0 Å². The Balaban J connectivity index is 0.000000216. The lowest BCUT2D eigenvalue weighted by Gasteiger charge is -2.24. The van der Waals surface area contributed by atoms with Gasteiger partial charge in [-0.25, -0.2) is 34.7 Å². The average Bonchev–Trinajstić information content (AvgIpc) is 4.29. The maximum atomic E-state index is 12.8. The highest BCUT2D eigenvalue weighted by atomic mass is 32.1. The van der Waals surface area contributed by atoms with E-state index in [2.05, 4.69) is 131 Å². The van der Waals surface area contributed by atoms with E-state index in [1.807, 2.05) is 56.0 Å². The molecule has 0 aliphatic carbocycles. The monoisotopic (exact) mass is 1130 g/mol. The van der Waals surface area contributed by atoms with Crippen LogP contribution in [0.15, 0.2) is 103 Å². The fourth-order valence-corrected chi connectivity index (χ4v) is 11.1. The van der Waals surface area contributed by atoms with Crippen LogP contribution in [0.2, 0.25) is 0 Å². The number of anilines is 1. The number of benzene rings is 2. The van der Waals surface area contributed by atoms with Crippen LogP contribution in [0, 0.1) is 13.8 Å². The zero-order chi connectivity index (χ0) is 58.1. The number of Topliss-reactive ketones (excluding diaryl/α,β-unsaturated/α-hetero) is 2. The number of carbonyl (C=O) groups is 3. The number of aryl methyl sites for hydroxylation is 4. The van der Waals surface area contributed by atoms with E-state index in [4.69, 9.17) is 15.5 Å². The van der Waals surface area contributed by atoms with E-state index in [0.717, 1.165) is 102 Å². The van der Waals surface area contributed by atoms with Crippen molar-refractivity contribution in [1.82, 2.24) is 49.9 Å². The van der Waals surface area contributed by atoms with E-state index in [-0.39, 0.29) is 40.6 Å². The van der Waals surface area contributed by atoms with Gasteiger partial charge in [0.2, 0.25) is 5.95 Å². The van der Waals surface area contributed by atoms with Crippen LogP contribution < -0.4 is 16.4 Å². The number of allylic oxidation sites excluding steroid dienone is 1. The molecule has 2 aromatic carbocycles. The maximum Gasteiger partial charge on any atom is 0.410 e. The second-order valence-corrected chi connectivity index (χ2v) is 25.9. The number of rotatable bonds is 17. The summed E-state index contributed by atoms with van der Waals surface area (Å²) in [6, 6.07) is 16.7. The number of nitrogens with zero attached hydrogens (tertiary/aromatic N) is 10. The highest BCUT2D eigenvalue weighted by Crippen LogP contribution is 2.31. The number of thiazole rings is 2. The summed E-state index contributed by atoms with van der Waals surface area (Å²) in [6.45, 7) is 25.5. The summed E-state index contributed by atoms with van der Waals surface area (Å²) in [5, 5.41) is 13.0. The first-order valence-electron chi connectivity index (χ1n) is 27.8. The number of likely N-dealkylation sites (tertiary alicyclic amines) is 1. The van der Waals surface area contributed by atoms with E-state index in [1.54, 1.807) is 35.9 Å². The largest absolute Gasteiger partial charge is 0.444 e. The Morgan fingerprint density at radius 1 is 0.778 bits per heavy atom. The fraction of sp³-hybridized carbons (Fsp3) is 0.435. The van der Waals surface area contributed by atoms with Crippen molar-refractivity contribution in [3.8, 4) is 22.5 Å². The molecular weight excluding hydrogens is 1050 g/mol. The van der Waals surface area contributed by atoms with Crippen molar-refractivity contribution in [2.75, 3.05) is 31.5 Å². The third-order valence-corrected chi connectivity index (χ3v) is 16.8. The van der Waals surface area contributed by atoms with Gasteiger partial charge in [-0.3, -0.25) is 19.3 Å². The van der Waals surface area contributed by atoms with Gasteiger partial charge < -0.3 is 26.0 Å². The van der Waals surface area contributed by atoms with E-state index in [0.29, 0.717) is 56.8 Å². The fourth-order valence-electron chi connectivity index (χ4n) is 9.24.